The molecule has 2 aromatic rings. The average molecular weight is 325 g/mol. The van der Waals surface area contributed by atoms with Gasteiger partial charge in [0.2, 0.25) is 0 Å². The molecule has 0 aliphatic rings. The first-order valence-electron chi connectivity index (χ1n) is 5.88. The fraction of sp³-hybridized carbons (Fsp3) is 0.286. The van der Waals surface area contributed by atoms with Crippen molar-refractivity contribution < 1.29 is 0 Å². The predicted octanol–water partition coefficient (Wildman–Crippen LogP) is 4.24. The van der Waals surface area contributed by atoms with Crippen LogP contribution >= 0.6 is 27.3 Å². The molecule has 0 radical (unpaired) electrons. The third-order valence-corrected chi connectivity index (χ3v) is 4.73. The van der Waals surface area contributed by atoms with Crippen LogP contribution in [0.25, 0.3) is 0 Å². The van der Waals surface area contributed by atoms with Crippen LogP contribution in [0, 0.1) is 13.8 Å². The number of halogens is 1. The Hall–Kier alpha value is -0.840. The molecule has 1 aromatic carbocycles. The minimum Gasteiger partial charge on any atom is -0.375 e. The topological polar surface area (TPSA) is 38.0 Å². The summed E-state index contributed by atoms with van der Waals surface area (Å²) in [4.78, 5) is 1.31. The highest BCUT2D eigenvalue weighted by atomic mass is 79.9. The third kappa shape index (κ3) is 2.94. The molecule has 0 aliphatic heterocycles. The molecule has 2 nitrogen and oxygen atoms in total. The molecule has 18 heavy (non-hydrogen) atoms. The smallest absolute Gasteiger partial charge is 0.0731 e. The van der Waals surface area contributed by atoms with Gasteiger partial charge in [0.15, 0.2) is 0 Å². The Bertz CT molecular complexity index is 536. The van der Waals surface area contributed by atoms with Gasteiger partial charge in [0.1, 0.15) is 0 Å². The first kappa shape index (κ1) is 13.6. The summed E-state index contributed by atoms with van der Waals surface area (Å²) in [5.41, 5.74) is 9.53. The van der Waals surface area contributed by atoms with Gasteiger partial charge in [0.05, 0.1) is 6.04 Å². The summed E-state index contributed by atoms with van der Waals surface area (Å²) in [6.45, 7) is 4.80. The number of aryl methyl sites for hydroxylation is 2. The van der Waals surface area contributed by atoms with Gasteiger partial charge >= 0.3 is 0 Å². The largest absolute Gasteiger partial charge is 0.375 e. The Labute approximate surface area is 120 Å². The van der Waals surface area contributed by atoms with Crippen LogP contribution in [0.15, 0.2) is 34.1 Å². The van der Waals surface area contributed by atoms with Crippen LogP contribution in [0.2, 0.25) is 0 Å². The molecular weight excluding hydrogens is 308 g/mol. The third-order valence-electron chi connectivity index (χ3n) is 2.91. The fourth-order valence-electron chi connectivity index (χ4n) is 1.91. The van der Waals surface area contributed by atoms with Gasteiger partial charge in [-0.3, -0.25) is 0 Å². The maximum absolute atomic E-state index is 5.90. The van der Waals surface area contributed by atoms with Gasteiger partial charge in [0.25, 0.3) is 0 Å². The summed E-state index contributed by atoms with van der Waals surface area (Å²) in [7, 11) is 0. The first-order chi connectivity index (χ1) is 8.61. The highest BCUT2D eigenvalue weighted by molar-refractivity contribution is 9.10. The highest BCUT2D eigenvalue weighted by Crippen LogP contribution is 2.30. The summed E-state index contributed by atoms with van der Waals surface area (Å²) in [6.07, 6.45) is 0. The minimum absolute atomic E-state index is 0.170. The molecule has 2 rings (SSSR count). The second kappa shape index (κ2) is 5.87. The van der Waals surface area contributed by atoms with Crippen molar-refractivity contribution in [2.24, 2.45) is 5.73 Å². The van der Waals surface area contributed by atoms with Crippen LogP contribution < -0.4 is 11.1 Å². The van der Waals surface area contributed by atoms with E-state index < -0.39 is 0 Å². The standard InChI is InChI=1S/C14H17BrN2S/c1-9-3-4-11(15)12(7-9)17-13(8-16)14-10(2)5-6-18-14/h3-7,13,17H,8,16H2,1-2H3. The van der Waals surface area contributed by atoms with Crippen molar-refractivity contribution in [3.05, 3.63) is 50.1 Å². The van der Waals surface area contributed by atoms with E-state index >= 15 is 0 Å². The van der Waals surface area contributed by atoms with Crippen molar-refractivity contribution in [2.45, 2.75) is 19.9 Å². The van der Waals surface area contributed by atoms with E-state index in [1.807, 2.05) is 0 Å². The lowest BCUT2D eigenvalue weighted by atomic mass is 10.1. The van der Waals surface area contributed by atoms with Gasteiger partial charge < -0.3 is 11.1 Å². The lowest BCUT2D eigenvalue weighted by Crippen LogP contribution is -2.20. The summed E-state index contributed by atoms with van der Waals surface area (Å²) in [5, 5.41) is 5.63. The molecule has 4 heteroatoms. The van der Waals surface area contributed by atoms with E-state index in [4.69, 9.17) is 5.73 Å². The number of anilines is 1. The summed E-state index contributed by atoms with van der Waals surface area (Å²) >= 11 is 5.32. The number of thiophene rings is 1. The molecule has 1 heterocycles. The van der Waals surface area contributed by atoms with Crippen LogP contribution in [-0.2, 0) is 0 Å². The molecule has 1 unspecified atom stereocenters. The lowest BCUT2D eigenvalue weighted by molar-refractivity contribution is 0.799. The van der Waals surface area contributed by atoms with Crippen molar-refractivity contribution in [3.63, 3.8) is 0 Å². The van der Waals surface area contributed by atoms with E-state index in [1.54, 1.807) is 11.3 Å². The van der Waals surface area contributed by atoms with E-state index in [-0.39, 0.29) is 6.04 Å². The molecule has 0 spiro atoms. The molecule has 0 saturated heterocycles. The molecule has 0 saturated carbocycles. The molecule has 96 valence electrons. The van der Waals surface area contributed by atoms with Crippen molar-refractivity contribution in [3.8, 4) is 0 Å². The molecule has 1 atom stereocenters. The SMILES string of the molecule is Cc1ccc(Br)c(NC(CN)c2sccc2C)c1. The molecule has 3 N–H and O–H groups in total. The lowest BCUT2D eigenvalue weighted by Gasteiger charge is -2.19. The Morgan fingerprint density at radius 3 is 2.72 bits per heavy atom. The number of hydrogen-bond donors (Lipinski definition) is 2. The quantitative estimate of drug-likeness (QED) is 0.882. The number of rotatable bonds is 4. The minimum atomic E-state index is 0.170. The number of nitrogens with two attached hydrogens (primary N) is 1. The van der Waals surface area contributed by atoms with Gasteiger partial charge in [-0.05, 0) is 64.5 Å². The second-order valence-corrected chi connectivity index (χ2v) is 6.19. The zero-order valence-corrected chi connectivity index (χ0v) is 12.9. The Morgan fingerprint density at radius 2 is 2.11 bits per heavy atom. The molecule has 0 fully saturated rings. The van der Waals surface area contributed by atoms with Crippen molar-refractivity contribution in [1.82, 2.24) is 0 Å². The maximum atomic E-state index is 5.90. The number of benzene rings is 1. The van der Waals surface area contributed by atoms with Gasteiger partial charge in [-0.1, -0.05) is 6.07 Å². The molecule has 0 aliphatic carbocycles. The highest BCUT2D eigenvalue weighted by Gasteiger charge is 2.14. The zero-order valence-electron chi connectivity index (χ0n) is 10.5. The summed E-state index contributed by atoms with van der Waals surface area (Å²) < 4.78 is 1.07. The average Bonchev–Trinajstić information content (AvgIpc) is 2.77. The van der Waals surface area contributed by atoms with Crippen LogP contribution in [0.1, 0.15) is 22.0 Å². The Balaban J connectivity index is 2.26. The van der Waals surface area contributed by atoms with E-state index in [1.165, 1.54) is 16.0 Å². The van der Waals surface area contributed by atoms with E-state index in [9.17, 15) is 0 Å². The van der Waals surface area contributed by atoms with E-state index in [0.29, 0.717) is 6.54 Å². The van der Waals surface area contributed by atoms with Crippen molar-refractivity contribution in [2.75, 3.05) is 11.9 Å². The van der Waals surface area contributed by atoms with Gasteiger partial charge in [0, 0.05) is 21.6 Å². The van der Waals surface area contributed by atoms with Crippen LogP contribution in [0.3, 0.4) is 0 Å². The molecular formula is C14H17BrN2S. The second-order valence-electron chi connectivity index (χ2n) is 4.38. The molecule has 1 aromatic heterocycles. The van der Waals surface area contributed by atoms with Gasteiger partial charge in [-0.25, -0.2) is 0 Å². The van der Waals surface area contributed by atoms with Crippen LogP contribution in [-0.4, -0.2) is 6.54 Å². The summed E-state index contributed by atoms with van der Waals surface area (Å²) in [6, 6.07) is 8.59. The van der Waals surface area contributed by atoms with Crippen LogP contribution in [0.4, 0.5) is 5.69 Å². The normalized spacial score (nSPS) is 12.4. The predicted molar refractivity (Wildman–Crippen MR) is 83.4 cm³/mol. The molecule has 0 bridgehead atoms. The van der Waals surface area contributed by atoms with Gasteiger partial charge in [-0.2, -0.15) is 0 Å². The van der Waals surface area contributed by atoms with Crippen molar-refractivity contribution in [1.29, 1.82) is 0 Å². The van der Waals surface area contributed by atoms with Crippen molar-refractivity contribution >= 4 is 33.0 Å². The number of hydrogen-bond acceptors (Lipinski definition) is 3. The summed E-state index contributed by atoms with van der Waals surface area (Å²) in [5.74, 6) is 0. The zero-order chi connectivity index (χ0) is 13.1. The van der Waals surface area contributed by atoms with E-state index in [2.05, 4.69) is 64.7 Å². The monoisotopic (exact) mass is 324 g/mol. The molecule has 0 amide bonds. The van der Waals surface area contributed by atoms with E-state index in [0.717, 1.165) is 10.2 Å². The maximum Gasteiger partial charge on any atom is 0.0731 e. The Kier molecular flexibility index (Phi) is 4.43. The van der Waals surface area contributed by atoms with Gasteiger partial charge in [-0.15, -0.1) is 11.3 Å². The first-order valence-corrected chi connectivity index (χ1v) is 7.56. The fourth-order valence-corrected chi connectivity index (χ4v) is 3.26. The van der Waals surface area contributed by atoms with Crippen LogP contribution in [0.5, 0.6) is 0 Å². The number of nitrogens with one attached hydrogen (secondary N) is 1. The Morgan fingerprint density at radius 1 is 1.33 bits per heavy atom.